The Morgan fingerprint density at radius 1 is 1.26 bits per heavy atom. The van der Waals surface area contributed by atoms with Crippen LogP contribution >= 0.6 is 11.3 Å². The summed E-state index contributed by atoms with van der Waals surface area (Å²) in [4.78, 5) is 27.7. The van der Waals surface area contributed by atoms with E-state index in [1.165, 1.54) is 12.1 Å². The molecule has 1 aromatic carbocycles. The fourth-order valence-electron chi connectivity index (χ4n) is 2.74. The van der Waals surface area contributed by atoms with E-state index in [9.17, 15) is 27.9 Å². The van der Waals surface area contributed by atoms with Gasteiger partial charge in [0.05, 0.1) is 17.2 Å². The highest BCUT2D eigenvalue weighted by atomic mass is 32.1. The van der Waals surface area contributed by atoms with Crippen LogP contribution in [-0.2, 0) is 22.2 Å². The van der Waals surface area contributed by atoms with Crippen LogP contribution in [0.1, 0.15) is 37.9 Å². The van der Waals surface area contributed by atoms with Crippen LogP contribution in [0.25, 0.3) is 10.6 Å². The number of aromatic nitrogens is 1. The summed E-state index contributed by atoms with van der Waals surface area (Å²) < 4.78 is 38.5. The minimum atomic E-state index is -4.44. The number of carbonyl (C=O) groups is 2. The molecule has 8 heteroatoms. The summed E-state index contributed by atoms with van der Waals surface area (Å²) in [6, 6.07) is 4.85. The molecular weight excluding hydrogens is 379 g/mol. The average Bonchev–Trinajstić information content (AvgIpc) is 3.01. The maximum Gasteiger partial charge on any atom is 0.416 e. The van der Waals surface area contributed by atoms with Crippen LogP contribution in [0.3, 0.4) is 0 Å². The SMILES string of the molecule is CC(C)C[C@@H](CC(=O)Cc1csc(-c2cccc(C(F)(F)F)c2)n1)C(=O)O. The number of carboxylic acids is 1. The average molecular weight is 399 g/mol. The van der Waals surface area contributed by atoms with Gasteiger partial charge in [0.2, 0.25) is 0 Å². The molecule has 0 saturated heterocycles. The number of hydrogen-bond acceptors (Lipinski definition) is 4. The van der Waals surface area contributed by atoms with Crippen molar-refractivity contribution in [2.24, 2.45) is 11.8 Å². The molecule has 0 aliphatic carbocycles. The van der Waals surface area contributed by atoms with Crippen LogP contribution in [0.5, 0.6) is 0 Å². The second-order valence-electron chi connectivity index (χ2n) is 6.81. The van der Waals surface area contributed by atoms with Crippen LogP contribution in [0.2, 0.25) is 0 Å². The van der Waals surface area contributed by atoms with Gasteiger partial charge in [-0.25, -0.2) is 4.98 Å². The number of alkyl halides is 3. The Balaban J connectivity index is 2.08. The van der Waals surface area contributed by atoms with Gasteiger partial charge in [-0.3, -0.25) is 9.59 Å². The molecule has 0 unspecified atom stereocenters. The molecule has 0 fully saturated rings. The lowest BCUT2D eigenvalue weighted by Crippen LogP contribution is -2.20. The summed E-state index contributed by atoms with van der Waals surface area (Å²) in [6.07, 6.45) is -4.14. The van der Waals surface area contributed by atoms with E-state index < -0.39 is 23.6 Å². The third-order valence-corrected chi connectivity index (χ3v) is 4.89. The fraction of sp³-hybridized carbons (Fsp3) is 0.421. The number of ketones is 1. The summed E-state index contributed by atoms with van der Waals surface area (Å²) in [5.41, 5.74) is 0.00801. The van der Waals surface area contributed by atoms with Crippen LogP contribution in [0.4, 0.5) is 13.2 Å². The van der Waals surface area contributed by atoms with Crippen LogP contribution in [-0.4, -0.2) is 21.8 Å². The van der Waals surface area contributed by atoms with E-state index in [1.54, 1.807) is 5.38 Å². The third-order valence-electron chi connectivity index (χ3n) is 3.95. The first kappa shape index (κ1) is 21.1. The number of carbonyl (C=O) groups excluding carboxylic acids is 1. The van der Waals surface area contributed by atoms with Crippen LogP contribution in [0.15, 0.2) is 29.6 Å². The Bertz CT molecular complexity index is 815. The molecule has 0 bridgehead atoms. The summed E-state index contributed by atoms with van der Waals surface area (Å²) in [6.45, 7) is 3.78. The quantitative estimate of drug-likeness (QED) is 0.672. The van der Waals surface area contributed by atoms with Gasteiger partial charge in [0.15, 0.2) is 0 Å². The predicted octanol–water partition coefficient (Wildman–Crippen LogP) is 5.08. The monoisotopic (exact) mass is 399 g/mol. The Labute approximate surface area is 159 Å². The number of carboxylic acid groups (broad SMARTS) is 1. The summed E-state index contributed by atoms with van der Waals surface area (Å²) in [7, 11) is 0. The Morgan fingerprint density at radius 3 is 2.56 bits per heavy atom. The lowest BCUT2D eigenvalue weighted by molar-refractivity contribution is -0.144. The molecule has 0 amide bonds. The first-order chi connectivity index (χ1) is 12.6. The first-order valence-electron chi connectivity index (χ1n) is 8.42. The van der Waals surface area contributed by atoms with E-state index in [4.69, 9.17) is 0 Å². The van der Waals surface area contributed by atoms with Crippen molar-refractivity contribution in [3.63, 3.8) is 0 Å². The van der Waals surface area contributed by atoms with Crippen molar-refractivity contribution in [2.75, 3.05) is 0 Å². The van der Waals surface area contributed by atoms with Gasteiger partial charge in [0, 0.05) is 23.8 Å². The highest BCUT2D eigenvalue weighted by molar-refractivity contribution is 7.13. The molecule has 1 atom stereocenters. The molecule has 0 radical (unpaired) electrons. The first-order valence-corrected chi connectivity index (χ1v) is 9.30. The van der Waals surface area contributed by atoms with E-state index in [0.29, 0.717) is 22.7 Å². The van der Waals surface area contributed by atoms with Gasteiger partial charge in [-0.1, -0.05) is 26.0 Å². The second-order valence-corrected chi connectivity index (χ2v) is 7.66. The van der Waals surface area contributed by atoms with Crippen LogP contribution in [0, 0.1) is 11.8 Å². The highest BCUT2D eigenvalue weighted by Gasteiger charge is 2.30. The Kier molecular flexibility index (Phi) is 6.75. The van der Waals surface area contributed by atoms with Crippen molar-refractivity contribution in [1.82, 2.24) is 4.98 Å². The Morgan fingerprint density at radius 2 is 1.96 bits per heavy atom. The van der Waals surface area contributed by atoms with Crippen molar-refractivity contribution in [3.8, 4) is 10.6 Å². The van der Waals surface area contributed by atoms with E-state index in [2.05, 4.69) is 4.98 Å². The van der Waals surface area contributed by atoms with Gasteiger partial charge in [-0.05, 0) is 24.5 Å². The lowest BCUT2D eigenvalue weighted by atomic mass is 9.91. The van der Waals surface area contributed by atoms with Gasteiger partial charge in [0.25, 0.3) is 0 Å². The van der Waals surface area contributed by atoms with E-state index in [-0.39, 0.29) is 24.5 Å². The van der Waals surface area contributed by atoms with Crippen LogP contribution < -0.4 is 0 Å². The maximum atomic E-state index is 12.8. The zero-order chi connectivity index (χ0) is 20.2. The number of rotatable bonds is 8. The smallest absolute Gasteiger partial charge is 0.416 e. The predicted molar refractivity (Wildman–Crippen MR) is 96.5 cm³/mol. The third kappa shape index (κ3) is 6.16. The van der Waals surface area contributed by atoms with E-state index in [1.807, 2.05) is 13.8 Å². The van der Waals surface area contributed by atoms with Crippen molar-refractivity contribution < 1.29 is 27.9 Å². The number of benzene rings is 1. The van der Waals surface area contributed by atoms with Gasteiger partial charge < -0.3 is 5.11 Å². The molecule has 0 spiro atoms. The zero-order valence-corrected chi connectivity index (χ0v) is 15.7. The molecule has 0 aliphatic heterocycles. The summed E-state index contributed by atoms with van der Waals surface area (Å²) in [5.74, 6) is -1.83. The van der Waals surface area contributed by atoms with Crippen molar-refractivity contribution in [2.45, 2.75) is 39.3 Å². The van der Waals surface area contributed by atoms with Crippen molar-refractivity contribution >= 4 is 23.1 Å². The minimum absolute atomic E-state index is 0.0304. The number of nitrogens with zero attached hydrogens (tertiary/aromatic N) is 1. The summed E-state index contributed by atoms with van der Waals surface area (Å²) >= 11 is 1.15. The molecule has 2 rings (SSSR count). The molecule has 2 aromatic rings. The topological polar surface area (TPSA) is 67.3 Å². The molecule has 146 valence electrons. The number of halogens is 3. The standard InChI is InChI=1S/C19H20F3NO3S/c1-11(2)6-13(18(25)26)8-16(24)9-15-10-27-17(23-15)12-4-3-5-14(7-12)19(20,21)22/h3-5,7,10-11,13H,6,8-9H2,1-2H3,(H,25,26)/t13-/m0/s1. The number of Topliss-reactive ketones (excluding diaryl/α,β-unsaturated/α-hetero) is 1. The summed E-state index contributed by atoms with van der Waals surface area (Å²) in [5, 5.41) is 11.2. The molecule has 1 aromatic heterocycles. The molecule has 27 heavy (non-hydrogen) atoms. The number of aliphatic carboxylic acids is 1. The number of thiazole rings is 1. The molecular formula is C19H20F3NO3S. The normalized spacial score (nSPS) is 13.0. The lowest BCUT2D eigenvalue weighted by Gasteiger charge is -2.13. The number of hydrogen-bond donors (Lipinski definition) is 1. The molecule has 1 heterocycles. The maximum absolute atomic E-state index is 12.8. The van der Waals surface area contributed by atoms with Gasteiger partial charge >= 0.3 is 12.1 Å². The minimum Gasteiger partial charge on any atom is -0.481 e. The highest BCUT2D eigenvalue weighted by Crippen LogP contribution is 2.33. The largest absolute Gasteiger partial charge is 0.481 e. The van der Waals surface area contributed by atoms with Crippen molar-refractivity contribution in [1.29, 1.82) is 0 Å². The zero-order valence-electron chi connectivity index (χ0n) is 14.9. The second kappa shape index (κ2) is 8.65. The fourth-order valence-corrected chi connectivity index (χ4v) is 3.56. The van der Waals surface area contributed by atoms with Crippen molar-refractivity contribution in [3.05, 3.63) is 40.9 Å². The molecule has 1 N–H and O–H groups in total. The van der Waals surface area contributed by atoms with Gasteiger partial charge in [0.1, 0.15) is 10.8 Å². The molecule has 0 aliphatic rings. The van der Waals surface area contributed by atoms with E-state index in [0.717, 1.165) is 23.5 Å². The van der Waals surface area contributed by atoms with Gasteiger partial charge in [-0.15, -0.1) is 11.3 Å². The molecule has 0 saturated carbocycles. The molecule has 4 nitrogen and oxygen atoms in total. The van der Waals surface area contributed by atoms with Gasteiger partial charge in [-0.2, -0.15) is 13.2 Å². The Hall–Kier alpha value is -2.22. The van der Waals surface area contributed by atoms with E-state index >= 15 is 0 Å².